The van der Waals surface area contributed by atoms with Crippen LogP contribution in [0.5, 0.6) is 0 Å². The van der Waals surface area contributed by atoms with Crippen LogP contribution in [0.1, 0.15) is 16.8 Å². The van der Waals surface area contributed by atoms with E-state index in [1.54, 1.807) is 6.26 Å². The molecule has 1 aromatic carbocycles. The Labute approximate surface area is 88.9 Å². The van der Waals surface area contributed by atoms with Gasteiger partial charge in [-0.25, -0.2) is 0 Å². The summed E-state index contributed by atoms with van der Waals surface area (Å²) in [5, 5.41) is 0. The third kappa shape index (κ3) is 2.59. The van der Waals surface area contributed by atoms with E-state index in [-0.39, 0.29) is 6.01 Å². The van der Waals surface area contributed by atoms with Crippen molar-refractivity contribution in [3.63, 3.8) is 0 Å². The Morgan fingerprint density at radius 2 is 1.93 bits per heavy atom. The molecule has 0 spiro atoms. The molecule has 0 radical (unpaired) electrons. The highest BCUT2D eigenvalue weighted by Crippen LogP contribution is 2.09. The molecule has 1 aromatic heterocycles. The third-order valence-electron chi connectivity index (χ3n) is 2.36. The fraction of sp³-hybridized carbons (Fsp3) is 0.250. The van der Waals surface area contributed by atoms with Crippen LogP contribution in [0.3, 0.4) is 0 Å². The van der Waals surface area contributed by atoms with E-state index in [1.807, 2.05) is 0 Å². The van der Waals surface area contributed by atoms with Gasteiger partial charge in [-0.3, -0.25) is 0 Å². The molecule has 0 fully saturated rings. The minimum atomic E-state index is 0.244. The van der Waals surface area contributed by atoms with Crippen molar-refractivity contribution < 1.29 is 4.42 Å². The molecular formula is C12H14N2O. The van der Waals surface area contributed by atoms with Crippen LogP contribution >= 0.6 is 0 Å². The first-order valence-corrected chi connectivity index (χ1v) is 4.99. The molecule has 0 saturated heterocycles. The number of nitrogens with two attached hydrogens (primary N) is 1. The van der Waals surface area contributed by atoms with Gasteiger partial charge in [0.15, 0.2) is 0 Å². The zero-order valence-electron chi connectivity index (χ0n) is 8.73. The van der Waals surface area contributed by atoms with E-state index in [9.17, 15) is 0 Å². The molecule has 0 bridgehead atoms. The first-order valence-electron chi connectivity index (χ1n) is 4.99. The molecule has 15 heavy (non-hydrogen) atoms. The third-order valence-corrected chi connectivity index (χ3v) is 2.36. The summed E-state index contributed by atoms with van der Waals surface area (Å²) in [6.45, 7) is 2.09. The summed E-state index contributed by atoms with van der Waals surface area (Å²) in [4.78, 5) is 4.05. The molecule has 0 amide bonds. The van der Waals surface area contributed by atoms with Gasteiger partial charge in [0, 0.05) is 0 Å². The second-order valence-corrected chi connectivity index (χ2v) is 3.66. The summed E-state index contributed by atoms with van der Waals surface area (Å²) < 4.78 is 4.94. The molecule has 78 valence electrons. The molecule has 0 aliphatic carbocycles. The SMILES string of the molecule is Cc1ccc(CCc2coc(N)n2)cc1. The number of rotatable bonds is 3. The second-order valence-electron chi connectivity index (χ2n) is 3.66. The normalized spacial score (nSPS) is 10.5. The van der Waals surface area contributed by atoms with Crippen molar-refractivity contribution >= 4 is 6.01 Å². The van der Waals surface area contributed by atoms with Gasteiger partial charge in [0.2, 0.25) is 0 Å². The zero-order chi connectivity index (χ0) is 10.7. The van der Waals surface area contributed by atoms with Crippen molar-refractivity contribution in [2.24, 2.45) is 0 Å². The Kier molecular flexibility index (Phi) is 2.72. The molecular weight excluding hydrogens is 188 g/mol. The average Bonchev–Trinajstić information content (AvgIpc) is 2.64. The van der Waals surface area contributed by atoms with Crippen molar-refractivity contribution in [3.8, 4) is 0 Å². The van der Waals surface area contributed by atoms with Gasteiger partial charge in [-0.15, -0.1) is 0 Å². The van der Waals surface area contributed by atoms with Crippen LogP contribution in [0.4, 0.5) is 6.01 Å². The first kappa shape index (κ1) is 9.77. The molecule has 2 rings (SSSR count). The summed E-state index contributed by atoms with van der Waals surface area (Å²) >= 11 is 0. The molecule has 1 heterocycles. The number of hydrogen-bond donors (Lipinski definition) is 1. The van der Waals surface area contributed by atoms with Crippen LogP contribution in [-0.4, -0.2) is 4.98 Å². The summed E-state index contributed by atoms with van der Waals surface area (Å²) in [6.07, 6.45) is 3.44. The van der Waals surface area contributed by atoms with Crippen LogP contribution in [0.25, 0.3) is 0 Å². The summed E-state index contributed by atoms with van der Waals surface area (Å²) in [6, 6.07) is 8.75. The monoisotopic (exact) mass is 202 g/mol. The number of nitrogen functional groups attached to an aromatic ring is 1. The Balaban J connectivity index is 1.96. The zero-order valence-corrected chi connectivity index (χ0v) is 8.73. The van der Waals surface area contributed by atoms with Crippen LogP contribution in [0, 0.1) is 6.92 Å². The van der Waals surface area contributed by atoms with Gasteiger partial charge in [0.05, 0.1) is 5.69 Å². The van der Waals surface area contributed by atoms with Crippen molar-refractivity contribution in [3.05, 3.63) is 47.3 Å². The standard InChI is InChI=1S/C12H14N2O/c1-9-2-4-10(5-3-9)6-7-11-8-15-12(13)14-11/h2-5,8H,6-7H2,1H3,(H2,13,14). The number of oxazole rings is 1. The van der Waals surface area contributed by atoms with E-state index >= 15 is 0 Å². The smallest absolute Gasteiger partial charge is 0.292 e. The predicted octanol–water partition coefficient (Wildman–Crippen LogP) is 2.35. The minimum absolute atomic E-state index is 0.244. The number of aryl methyl sites for hydroxylation is 3. The highest BCUT2D eigenvalue weighted by Gasteiger charge is 2.00. The van der Waals surface area contributed by atoms with Gasteiger partial charge in [-0.2, -0.15) is 4.98 Å². The van der Waals surface area contributed by atoms with Crippen molar-refractivity contribution in [1.82, 2.24) is 4.98 Å². The maximum absolute atomic E-state index is 5.39. The van der Waals surface area contributed by atoms with Gasteiger partial charge in [-0.1, -0.05) is 29.8 Å². The quantitative estimate of drug-likeness (QED) is 0.831. The van der Waals surface area contributed by atoms with Crippen LogP contribution < -0.4 is 5.73 Å². The van der Waals surface area contributed by atoms with Gasteiger partial charge < -0.3 is 10.2 Å². The van der Waals surface area contributed by atoms with E-state index < -0.39 is 0 Å². The molecule has 3 nitrogen and oxygen atoms in total. The number of nitrogens with zero attached hydrogens (tertiary/aromatic N) is 1. The topological polar surface area (TPSA) is 52.0 Å². The van der Waals surface area contributed by atoms with Crippen molar-refractivity contribution in [2.75, 3.05) is 5.73 Å². The van der Waals surface area contributed by atoms with E-state index in [1.165, 1.54) is 11.1 Å². The largest absolute Gasteiger partial charge is 0.432 e. The predicted molar refractivity (Wildman–Crippen MR) is 59.5 cm³/mol. The molecule has 3 heteroatoms. The van der Waals surface area contributed by atoms with Crippen LogP contribution in [-0.2, 0) is 12.8 Å². The first-order chi connectivity index (χ1) is 7.24. The van der Waals surface area contributed by atoms with Gasteiger partial charge in [-0.05, 0) is 25.3 Å². The Morgan fingerprint density at radius 1 is 1.20 bits per heavy atom. The average molecular weight is 202 g/mol. The highest BCUT2D eigenvalue weighted by atomic mass is 16.4. The van der Waals surface area contributed by atoms with Crippen molar-refractivity contribution in [1.29, 1.82) is 0 Å². The fourth-order valence-corrected chi connectivity index (χ4v) is 1.46. The molecule has 2 aromatic rings. The lowest BCUT2D eigenvalue weighted by molar-refractivity contribution is 0.578. The lowest BCUT2D eigenvalue weighted by Gasteiger charge is -1.99. The summed E-state index contributed by atoms with van der Waals surface area (Å²) in [5.41, 5.74) is 8.89. The van der Waals surface area contributed by atoms with Gasteiger partial charge in [0.25, 0.3) is 6.01 Å². The highest BCUT2D eigenvalue weighted by molar-refractivity contribution is 5.22. The molecule has 2 N–H and O–H groups in total. The number of hydrogen-bond acceptors (Lipinski definition) is 3. The summed E-state index contributed by atoms with van der Waals surface area (Å²) in [7, 11) is 0. The Morgan fingerprint density at radius 3 is 2.53 bits per heavy atom. The Bertz CT molecular complexity index is 431. The summed E-state index contributed by atoms with van der Waals surface area (Å²) in [5.74, 6) is 0. The van der Waals surface area contributed by atoms with E-state index in [2.05, 4.69) is 36.2 Å². The van der Waals surface area contributed by atoms with E-state index in [0.29, 0.717) is 0 Å². The van der Waals surface area contributed by atoms with Crippen LogP contribution in [0.2, 0.25) is 0 Å². The lowest BCUT2D eigenvalue weighted by atomic mass is 10.1. The van der Waals surface area contributed by atoms with E-state index in [4.69, 9.17) is 10.2 Å². The minimum Gasteiger partial charge on any atom is -0.432 e. The Hall–Kier alpha value is -1.77. The number of benzene rings is 1. The maximum atomic E-state index is 5.39. The molecule has 0 atom stereocenters. The maximum Gasteiger partial charge on any atom is 0.292 e. The number of aromatic nitrogens is 1. The lowest BCUT2D eigenvalue weighted by Crippen LogP contribution is -1.92. The second kappa shape index (κ2) is 4.17. The molecule has 0 aliphatic heterocycles. The van der Waals surface area contributed by atoms with E-state index in [0.717, 1.165) is 18.5 Å². The molecule has 0 saturated carbocycles. The van der Waals surface area contributed by atoms with Gasteiger partial charge >= 0.3 is 0 Å². The molecule has 0 aliphatic rings. The molecule has 0 unspecified atom stereocenters. The fourth-order valence-electron chi connectivity index (χ4n) is 1.46. The number of anilines is 1. The van der Waals surface area contributed by atoms with Gasteiger partial charge in [0.1, 0.15) is 6.26 Å². The van der Waals surface area contributed by atoms with Crippen molar-refractivity contribution in [2.45, 2.75) is 19.8 Å². The van der Waals surface area contributed by atoms with Crippen LogP contribution in [0.15, 0.2) is 34.9 Å².